The van der Waals surface area contributed by atoms with Gasteiger partial charge in [0.2, 0.25) is 0 Å². The van der Waals surface area contributed by atoms with Crippen LogP contribution in [0.25, 0.3) is 0 Å². The van der Waals surface area contributed by atoms with Crippen molar-refractivity contribution in [1.29, 1.82) is 0 Å². The van der Waals surface area contributed by atoms with Gasteiger partial charge in [0.1, 0.15) is 0 Å². The number of carbonyl (C=O) groups excluding carboxylic acids is 1. The second-order valence-electron chi connectivity index (χ2n) is 4.76. The fourth-order valence-electron chi connectivity index (χ4n) is 2.63. The molecule has 0 saturated heterocycles. The zero-order chi connectivity index (χ0) is 13.9. The quantitative estimate of drug-likeness (QED) is 0.841. The molecule has 2 aromatic rings. The van der Waals surface area contributed by atoms with Crippen LogP contribution in [0.1, 0.15) is 28.4 Å². The minimum atomic E-state index is 0.00871. The number of anilines is 1. The standard InChI is InChI=1S/C16H16N2O2/c1-20-15-8-11-18(14-5-3-2-4-13(14)15)16(19)12-6-9-17-10-7-12/h2-7,9-10,15H,8,11H2,1H3. The second-order valence-corrected chi connectivity index (χ2v) is 4.76. The van der Waals surface area contributed by atoms with Gasteiger partial charge in [0.15, 0.2) is 0 Å². The molecule has 0 N–H and O–H groups in total. The van der Waals surface area contributed by atoms with E-state index in [1.54, 1.807) is 31.6 Å². The molecule has 1 atom stereocenters. The summed E-state index contributed by atoms with van der Waals surface area (Å²) in [5.74, 6) is 0.00871. The first kappa shape index (κ1) is 12.8. The first-order valence-electron chi connectivity index (χ1n) is 6.65. The number of ether oxygens (including phenoxy) is 1. The van der Waals surface area contributed by atoms with E-state index in [-0.39, 0.29) is 12.0 Å². The Morgan fingerprint density at radius 2 is 2.00 bits per heavy atom. The number of methoxy groups -OCH3 is 1. The van der Waals surface area contributed by atoms with Crippen LogP contribution in [0.4, 0.5) is 5.69 Å². The molecule has 2 heterocycles. The molecule has 1 aromatic carbocycles. The van der Waals surface area contributed by atoms with Gasteiger partial charge in [0, 0.05) is 42.9 Å². The van der Waals surface area contributed by atoms with E-state index < -0.39 is 0 Å². The predicted octanol–water partition coefficient (Wildman–Crippen LogP) is 2.82. The van der Waals surface area contributed by atoms with Crippen LogP contribution in [0.5, 0.6) is 0 Å². The van der Waals surface area contributed by atoms with Gasteiger partial charge in [0.25, 0.3) is 5.91 Å². The highest BCUT2D eigenvalue weighted by Crippen LogP contribution is 2.36. The maximum atomic E-state index is 12.6. The maximum absolute atomic E-state index is 12.6. The van der Waals surface area contributed by atoms with Crippen molar-refractivity contribution in [3.63, 3.8) is 0 Å². The Labute approximate surface area is 118 Å². The van der Waals surface area contributed by atoms with E-state index in [0.29, 0.717) is 12.1 Å². The number of amides is 1. The van der Waals surface area contributed by atoms with E-state index >= 15 is 0 Å². The molecule has 1 aliphatic rings. The number of benzene rings is 1. The van der Waals surface area contributed by atoms with E-state index in [4.69, 9.17) is 4.74 Å². The molecule has 0 aliphatic carbocycles. The van der Waals surface area contributed by atoms with E-state index in [0.717, 1.165) is 17.7 Å². The number of rotatable bonds is 2. The van der Waals surface area contributed by atoms with Crippen molar-refractivity contribution in [3.05, 3.63) is 59.9 Å². The lowest BCUT2D eigenvalue weighted by Crippen LogP contribution is -2.37. The SMILES string of the molecule is COC1CCN(C(=O)c2ccncc2)c2ccccc21. The molecule has 4 heteroatoms. The van der Waals surface area contributed by atoms with Crippen molar-refractivity contribution in [2.24, 2.45) is 0 Å². The van der Waals surface area contributed by atoms with Crippen molar-refractivity contribution < 1.29 is 9.53 Å². The Hall–Kier alpha value is -2.20. The van der Waals surface area contributed by atoms with Gasteiger partial charge in [-0.15, -0.1) is 0 Å². The Balaban J connectivity index is 1.98. The van der Waals surface area contributed by atoms with Gasteiger partial charge in [-0.1, -0.05) is 18.2 Å². The van der Waals surface area contributed by atoms with Crippen LogP contribution in [0, 0.1) is 0 Å². The summed E-state index contributed by atoms with van der Waals surface area (Å²) in [6, 6.07) is 11.4. The molecule has 0 spiro atoms. The average molecular weight is 268 g/mol. The Morgan fingerprint density at radius 3 is 2.75 bits per heavy atom. The first-order chi connectivity index (χ1) is 9.81. The van der Waals surface area contributed by atoms with Crippen molar-refractivity contribution >= 4 is 11.6 Å². The minimum absolute atomic E-state index is 0.00871. The first-order valence-corrected chi connectivity index (χ1v) is 6.65. The molecule has 0 fully saturated rings. The number of hydrogen-bond acceptors (Lipinski definition) is 3. The van der Waals surface area contributed by atoms with Crippen LogP contribution in [-0.4, -0.2) is 24.5 Å². The zero-order valence-corrected chi connectivity index (χ0v) is 11.3. The number of fused-ring (bicyclic) bond motifs is 1. The molecule has 4 nitrogen and oxygen atoms in total. The lowest BCUT2D eigenvalue weighted by molar-refractivity contribution is 0.0868. The monoisotopic (exact) mass is 268 g/mol. The topological polar surface area (TPSA) is 42.4 Å². The highest BCUT2D eigenvalue weighted by molar-refractivity contribution is 6.06. The van der Waals surface area contributed by atoms with Crippen LogP contribution >= 0.6 is 0 Å². The summed E-state index contributed by atoms with van der Waals surface area (Å²) < 4.78 is 5.50. The summed E-state index contributed by atoms with van der Waals surface area (Å²) >= 11 is 0. The van der Waals surface area contributed by atoms with Crippen LogP contribution in [0.3, 0.4) is 0 Å². The van der Waals surface area contributed by atoms with Crippen LogP contribution in [-0.2, 0) is 4.74 Å². The summed E-state index contributed by atoms with van der Waals surface area (Å²) in [6.07, 6.45) is 4.15. The van der Waals surface area contributed by atoms with E-state index in [9.17, 15) is 4.79 Å². The summed E-state index contributed by atoms with van der Waals surface area (Å²) in [4.78, 5) is 18.4. The fraction of sp³-hybridized carbons (Fsp3) is 0.250. The Bertz CT molecular complexity index is 613. The zero-order valence-electron chi connectivity index (χ0n) is 11.3. The van der Waals surface area contributed by atoms with Crippen molar-refractivity contribution in [2.45, 2.75) is 12.5 Å². The van der Waals surface area contributed by atoms with Gasteiger partial charge < -0.3 is 9.64 Å². The van der Waals surface area contributed by atoms with E-state index in [2.05, 4.69) is 4.98 Å². The fourth-order valence-corrected chi connectivity index (χ4v) is 2.63. The van der Waals surface area contributed by atoms with Gasteiger partial charge in [-0.2, -0.15) is 0 Å². The highest BCUT2D eigenvalue weighted by atomic mass is 16.5. The number of pyridine rings is 1. The molecule has 3 rings (SSSR count). The molecular weight excluding hydrogens is 252 g/mol. The molecule has 20 heavy (non-hydrogen) atoms. The number of nitrogens with zero attached hydrogens (tertiary/aromatic N) is 2. The van der Waals surface area contributed by atoms with Crippen molar-refractivity contribution in [2.75, 3.05) is 18.6 Å². The number of aromatic nitrogens is 1. The molecule has 1 unspecified atom stereocenters. The average Bonchev–Trinajstić information content (AvgIpc) is 2.54. The smallest absolute Gasteiger partial charge is 0.258 e. The Kier molecular flexibility index (Phi) is 3.48. The van der Waals surface area contributed by atoms with E-state index in [1.807, 2.05) is 29.2 Å². The van der Waals surface area contributed by atoms with Crippen molar-refractivity contribution in [1.82, 2.24) is 4.98 Å². The molecule has 1 aromatic heterocycles. The minimum Gasteiger partial charge on any atom is -0.377 e. The summed E-state index contributed by atoms with van der Waals surface area (Å²) in [7, 11) is 1.71. The number of para-hydroxylation sites is 1. The third-order valence-corrected chi connectivity index (χ3v) is 3.65. The van der Waals surface area contributed by atoms with Gasteiger partial charge >= 0.3 is 0 Å². The van der Waals surface area contributed by atoms with Gasteiger partial charge in [-0.05, 0) is 24.6 Å². The van der Waals surface area contributed by atoms with Crippen LogP contribution in [0.2, 0.25) is 0 Å². The lowest BCUT2D eigenvalue weighted by Gasteiger charge is -2.33. The van der Waals surface area contributed by atoms with Gasteiger partial charge in [-0.3, -0.25) is 9.78 Å². The van der Waals surface area contributed by atoms with Crippen molar-refractivity contribution in [3.8, 4) is 0 Å². The molecule has 0 radical (unpaired) electrons. The summed E-state index contributed by atoms with van der Waals surface area (Å²) in [5.41, 5.74) is 2.67. The van der Waals surface area contributed by atoms with Gasteiger partial charge in [0.05, 0.1) is 6.10 Å². The third-order valence-electron chi connectivity index (χ3n) is 3.65. The molecule has 102 valence electrons. The molecular formula is C16H16N2O2. The largest absolute Gasteiger partial charge is 0.377 e. The van der Waals surface area contributed by atoms with E-state index in [1.165, 1.54) is 0 Å². The molecule has 1 amide bonds. The third kappa shape index (κ3) is 2.18. The van der Waals surface area contributed by atoms with Gasteiger partial charge in [-0.25, -0.2) is 0 Å². The Morgan fingerprint density at radius 1 is 1.25 bits per heavy atom. The summed E-state index contributed by atoms with van der Waals surface area (Å²) in [5, 5.41) is 0. The van der Waals surface area contributed by atoms with Crippen LogP contribution < -0.4 is 4.90 Å². The number of carbonyl (C=O) groups is 1. The molecule has 0 bridgehead atoms. The second kappa shape index (κ2) is 5.43. The highest BCUT2D eigenvalue weighted by Gasteiger charge is 2.28. The molecule has 0 saturated carbocycles. The predicted molar refractivity (Wildman–Crippen MR) is 76.7 cm³/mol. The normalized spacial score (nSPS) is 17.6. The lowest BCUT2D eigenvalue weighted by atomic mass is 9.98. The van der Waals surface area contributed by atoms with Crippen LogP contribution in [0.15, 0.2) is 48.8 Å². The summed E-state index contributed by atoms with van der Waals surface area (Å²) in [6.45, 7) is 0.663. The molecule has 1 aliphatic heterocycles. The number of hydrogen-bond donors (Lipinski definition) is 0. The maximum Gasteiger partial charge on any atom is 0.258 e.